The van der Waals surface area contributed by atoms with Gasteiger partial charge in [0.25, 0.3) is 5.91 Å². The zero-order valence-electron chi connectivity index (χ0n) is 11.7. The van der Waals surface area contributed by atoms with Crippen LogP contribution >= 0.6 is 0 Å². The van der Waals surface area contributed by atoms with Crippen LogP contribution in [0.2, 0.25) is 0 Å². The minimum absolute atomic E-state index is 0.0174. The molecule has 3 N–H and O–H groups in total. The largest absolute Gasteiger partial charge is 0.484 e. The van der Waals surface area contributed by atoms with E-state index in [9.17, 15) is 4.79 Å². The van der Waals surface area contributed by atoms with Crippen molar-refractivity contribution in [1.29, 1.82) is 0 Å². The van der Waals surface area contributed by atoms with Crippen molar-refractivity contribution in [3.8, 4) is 5.75 Å². The van der Waals surface area contributed by atoms with Crippen LogP contribution in [0.25, 0.3) is 0 Å². The SMILES string of the molecule is COCC(C)NC(=O)COc1cccc([C@@H](C)N)c1. The lowest BCUT2D eigenvalue weighted by atomic mass is 10.1. The average Bonchev–Trinajstić information content (AvgIpc) is 2.37. The van der Waals surface area contributed by atoms with E-state index in [1.165, 1.54) is 0 Å². The first-order valence-corrected chi connectivity index (χ1v) is 6.29. The second-order valence-electron chi connectivity index (χ2n) is 4.57. The molecule has 1 aromatic rings. The van der Waals surface area contributed by atoms with Crippen LogP contribution in [0.15, 0.2) is 24.3 Å². The fraction of sp³-hybridized carbons (Fsp3) is 0.500. The predicted octanol–water partition coefficient (Wildman–Crippen LogP) is 1.24. The first-order valence-electron chi connectivity index (χ1n) is 6.29. The molecule has 0 aliphatic heterocycles. The number of nitrogens with one attached hydrogen (secondary N) is 1. The molecular formula is C14H22N2O3. The molecule has 0 heterocycles. The summed E-state index contributed by atoms with van der Waals surface area (Å²) >= 11 is 0. The molecule has 2 atom stereocenters. The Balaban J connectivity index is 2.43. The van der Waals surface area contributed by atoms with Crippen LogP contribution < -0.4 is 15.8 Å². The first-order chi connectivity index (χ1) is 9.02. The van der Waals surface area contributed by atoms with Crippen molar-refractivity contribution in [2.24, 2.45) is 5.73 Å². The second kappa shape index (κ2) is 7.76. The van der Waals surface area contributed by atoms with Gasteiger partial charge in [-0.15, -0.1) is 0 Å². The minimum atomic E-state index is -0.171. The Morgan fingerprint density at radius 3 is 2.79 bits per heavy atom. The molecule has 5 nitrogen and oxygen atoms in total. The number of hydrogen-bond acceptors (Lipinski definition) is 4. The monoisotopic (exact) mass is 266 g/mol. The summed E-state index contributed by atoms with van der Waals surface area (Å²) in [7, 11) is 1.60. The van der Waals surface area contributed by atoms with Gasteiger partial charge in [0, 0.05) is 19.2 Å². The third-order valence-electron chi connectivity index (χ3n) is 2.58. The van der Waals surface area contributed by atoms with Crippen LogP contribution in [-0.4, -0.2) is 32.3 Å². The number of carbonyl (C=O) groups is 1. The molecule has 1 unspecified atom stereocenters. The molecule has 0 aliphatic rings. The summed E-state index contributed by atoms with van der Waals surface area (Å²) in [5.41, 5.74) is 6.77. The van der Waals surface area contributed by atoms with Gasteiger partial charge in [-0.1, -0.05) is 12.1 Å². The van der Waals surface area contributed by atoms with Gasteiger partial charge < -0.3 is 20.5 Å². The highest BCUT2D eigenvalue weighted by atomic mass is 16.5. The molecule has 0 spiro atoms. The molecule has 0 fully saturated rings. The Hall–Kier alpha value is -1.59. The molecule has 1 aromatic carbocycles. The van der Waals surface area contributed by atoms with Crippen molar-refractivity contribution in [3.05, 3.63) is 29.8 Å². The van der Waals surface area contributed by atoms with Gasteiger partial charge in [-0.3, -0.25) is 4.79 Å². The minimum Gasteiger partial charge on any atom is -0.484 e. The van der Waals surface area contributed by atoms with Crippen molar-refractivity contribution in [2.45, 2.75) is 25.9 Å². The number of benzene rings is 1. The number of amides is 1. The van der Waals surface area contributed by atoms with Gasteiger partial charge in [0.15, 0.2) is 6.61 Å². The Kier molecular flexibility index (Phi) is 6.32. The molecule has 1 amide bonds. The van der Waals surface area contributed by atoms with Crippen LogP contribution in [0.5, 0.6) is 5.75 Å². The summed E-state index contributed by atoms with van der Waals surface area (Å²) < 4.78 is 10.4. The Morgan fingerprint density at radius 1 is 1.42 bits per heavy atom. The highest BCUT2D eigenvalue weighted by Crippen LogP contribution is 2.17. The molecule has 1 rings (SSSR count). The van der Waals surface area contributed by atoms with E-state index in [0.29, 0.717) is 12.4 Å². The van der Waals surface area contributed by atoms with E-state index < -0.39 is 0 Å². The Labute approximate surface area is 114 Å². The molecule has 0 aliphatic carbocycles. The molecular weight excluding hydrogens is 244 g/mol. The van der Waals surface area contributed by atoms with E-state index in [1.807, 2.05) is 32.0 Å². The van der Waals surface area contributed by atoms with Crippen molar-refractivity contribution in [3.63, 3.8) is 0 Å². The van der Waals surface area contributed by atoms with E-state index in [0.717, 1.165) is 5.56 Å². The molecule has 0 saturated heterocycles. The lowest BCUT2D eigenvalue weighted by Crippen LogP contribution is -2.38. The summed E-state index contributed by atoms with van der Waals surface area (Å²) in [6.45, 7) is 4.23. The predicted molar refractivity (Wildman–Crippen MR) is 74.0 cm³/mol. The first kappa shape index (κ1) is 15.5. The normalized spacial score (nSPS) is 13.7. The van der Waals surface area contributed by atoms with E-state index in [-0.39, 0.29) is 24.6 Å². The lowest BCUT2D eigenvalue weighted by Gasteiger charge is -2.14. The van der Waals surface area contributed by atoms with Gasteiger partial charge in [-0.2, -0.15) is 0 Å². The van der Waals surface area contributed by atoms with Gasteiger partial charge in [-0.25, -0.2) is 0 Å². The number of rotatable bonds is 7. The molecule has 0 bridgehead atoms. The maximum Gasteiger partial charge on any atom is 0.258 e. The zero-order valence-corrected chi connectivity index (χ0v) is 11.7. The summed E-state index contributed by atoms with van der Waals surface area (Å²) in [5.74, 6) is 0.472. The Bertz CT molecular complexity index is 407. The van der Waals surface area contributed by atoms with E-state index in [4.69, 9.17) is 15.2 Å². The van der Waals surface area contributed by atoms with Crippen LogP contribution in [0.4, 0.5) is 0 Å². The second-order valence-corrected chi connectivity index (χ2v) is 4.57. The van der Waals surface area contributed by atoms with E-state index >= 15 is 0 Å². The van der Waals surface area contributed by atoms with Crippen molar-refractivity contribution >= 4 is 5.91 Å². The van der Waals surface area contributed by atoms with Crippen molar-refractivity contribution < 1.29 is 14.3 Å². The molecule has 106 valence electrons. The van der Waals surface area contributed by atoms with Gasteiger partial charge in [0.05, 0.1) is 6.61 Å². The third kappa shape index (κ3) is 5.72. The average molecular weight is 266 g/mol. The third-order valence-corrected chi connectivity index (χ3v) is 2.58. The Morgan fingerprint density at radius 2 is 2.16 bits per heavy atom. The van der Waals surface area contributed by atoms with Crippen molar-refractivity contribution in [1.82, 2.24) is 5.32 Å². The van der Waals surface area contributed by atoms with Crippen LogP contribution in [-0.2, 0) is 9.53 Å². The van der Waals surface area contributed by atoms with E-state index in [2.05, 4.69) is 5.32 Å². The number of ether oxygens (including phenoxy) is 2. The molecule has 0 aromatic heterocycles. The topological polar surface area (TPSA) is 73.6 Å². The van der Waals surface area contributed by atoms with Gasteiger partial charge in [0.1, 0.15) is 5.75 Å². The van der Waals surface area contributed by atoms with Gasteiger partial charge in [-0.05, 0) is 31.5 Å². The molecule has 19 heavy (non-hydrogen) atoms. The number of carbonyl (C=O) groups excluding carboxylic acids is 1. The quantitative estimate of drug-likeness (QED) is 0.778. The molecule has 0 radical (unpaired) electrons. The van der Waals surface area contributed by atoms with Crippen LogP contribution in [0.3, 0.4) is 0 Å². The van der Waals surface area contributed by atoms with Gasteiger partial charge in [0.2, 0.25) is 0 Å². The summed E-state index contributed by atoms with van der Waals surface area (Å²) in [6.07, 6.45) is 0. The molecule has 5 heteroatoms. The standard InChI is InChI=1S/C14H22N2O3/c1-10(8-18-3)16-14(17)9-19-13-6-4-5-12(7-13)11(2)15/h4-7,10-11H,8-9,15H2,1-3H3,(H,16,17)/t10?,11-/m1/s1. The fourth-order valence-electron chi connectivity index (χ4n) is 1.64. The number of hydrogen-bond donors (Lipinski definition) is 2. The maximum atomic E-state index is 11.6. The van der Waals surface area contributed by atoms with Crippen LogP contribution in [0, 0.1) is 0 Å². The van der Waals surface area contributed by atoms with E-state index in [1.54, 1.807) is 13.2 Å². The number of methoxy groups -OCH3 is 1. The smallest absolute Gasteiger partial charge is 0.258 e. The highest BCUT2D eigenvalue weighted by Gasteiger charge is 2.08. The summed E-state index contributed by atoms with van der Waals surface area (Å²) in [5, 5.41) is 2.77. The van der Waals surface area contributed by atoms with Crippen molar-refractivity contribution in [2.75, 3.05) is 20.3 Å². The van der Waals surface area contributed by atoms with Gasteiger partial charge >= 0.3 is 0 Å². The summed E-state index contributed by atoms with van der Waals surface area (Å²) in [4.78, 5) is 11.6. The lowest BCUT2D eigenvalue weighted by molar-refractivity contribution is -0.124. The summed E-state index contributed by atoms with van der Waals surface area (Å²) in [6, 6.07) is 7.35. The molecule has 0 saturated carbocycles. The van der Waals surface area contributed by atoms with Crippen LogP contribution in [0.1, 0.15) is 25.5 Å². The number of nitrogens with two attached hydrogens (primary N) is 1. The fourth-order valence-corrected chi connectivity index (χ4v) is 1.64. The zero-order chi connectivity index (χ0) is 14.3. The maximum absolute atomic E-state index is 11.6. The highest BCUT2D eigenvalue weighted by molar-refractivity contribution is 5.77.